The van der Waals surface area contributed by atoms with Gasteiger partial charge in [-0.15, -0.1) is 0 Å². The summed E-state index contributed by atoms with van der Waals surface area (Å²) in [7, 11) is 4.06. The maximum atomic E-state index is 4.44. The van der Waals surface area contributed by atoms with E-state index in [0.717, 1.165) is 26.9 Å². The molecule has 0 aliphatic heterocycles. The van der Waals surface area contributed by atoms with Crippen LogP contribution in [0.25, 0.3) is 11.0 Å². The molecule has 0 atom stereocenters. The minimum atomic E-state index is 0.859. The summed E-state index contributed by atoms with van der Waals surface area (Å²) in [5, 5.41) is 3.40. The largest absolute Gasteiger partial charge is 0.378 e. The fourth-order valence-corrected chi connectivity index (χ4v) is 2.42. The van der Waals surface area contributed by atoms with Crippen molar-refractivity contribution >= 4 is 44.0 Å². The van der Waals surface area contributed by atoms with E-state index in [1.165, 1.54) is 5.69 Å². The summed E-state index contributed by atoms with van der Waals surface area (Å²) in [4.78, 5) is 10.9. The summed E-state index contributed by atoms with van der Waals surface area (Å²) >= 11 is 3.42. The number of nitrogens with zero attached hydrogens (tertiary/aromatic N) is 3. The number of halogens is 1. The van der Waals surface area contributed by atoms with Crippen molar-refractivity contribution in [2.24, 2.45) is 0 Å². The van der Waals surface area contributed by atoms with Crippen molar-refractivity contribution in [3.05, 3.63) is 53.3 Å². The van der Waals surface area contributed by atoms with Crippen LogP contribution in [0, 0.1) is 0 Å². The summed E-state index contributed by atoms with van der Waals surface area (Å²) in [5.74, 6) is 0. The van der Waals surface area contributed by atoms with E-state index in [1.54, 1.807) is 12.4 Å². The summed E-state index contributed by atoms with van der Waals surface area (Å²) in [5.41, 5.74) is 4.86. The Morgan fingerprint density at radius 2 is 1.81 bits per heavy atom. The van der Waals surface area contributed by atoms with Crippen LogP contribution < -0.4 is 10.2 Å². The first kappa shape index (κ1) is 13.8. The van der Waals surface area contributed by atoms with E-state index in [1.807, 2.05) is 26.2 Å². The Morgan fingerprint density at radius 1 is 1.05 bits per heavy atom. The molecule has 3 rings (SSSR count). The molecule has 5 heteroatoms. The predicted octanol–water partition coefficient (Wildman–Crippen LogP) is 4.20. The first-order valence-electron chi connectivity index (χ1n) is 6.58. The summed E-state index contributed by atoms with van der Waals surface area (Å²) in [6.45, 7) is 0. The zero-order chi connectivity index (χ0) is 14.8. The SMILES string of the molecule is CN(C)c1ccc(Nc2ccnc3cc(Br)cnc23)cc1. The van der Waals surface area contributed by atoms with Crippen LogP contribution in [0.15, 0.2) is 53.3 Å². The lowest BCUT2D eigenvalue weighted by atomic mass is 10.2. The number of benzene rings is 1. The average Bonchev–Trinajstić information content (AvgIpc) is 2.47. The van der Waals surface area contributed by atoms with Gasteiger partial charge in [-0.1, -0.05) is 0 Å². The van der Waals surface area contributed by atoms with Gasteiger partial charge in [0.15, 0.2) is 0 Å². The third kappa shape index (κ3) is 2.97. The highest BCUT2D eigenvalue weighted by Crippen LogP contribution is 2.26. The van der Waals surface area contributed by atoms with Crippen molar-refractivity contribution in [3.63, 3.8) is 0 Å². The second-order valence-electron chi connectivity index (χ2n) is 4.95. The number of nitrogens with one attached hydrogen (secondary N) is 1. The Labute approximate surface area is 132 Å². The zero-order valence-corrected chi connectivity index (χ0v) is 13.4. The highest BCUT2D eigenvalue weighted by Gasteiger charge is 2.05. The molecule has 0 aliphatic carbocycles. The highest BCUT2D eigenvalue weighted by atomic mass is 79.9. The molecule has 106 valence electrons. The molecule has 0 unspecified atom stereocenters. The monoisotopic (exact) mass is 342 g/mol. The molecule has 0 bridgehead atoms. The topological polar surface area (TPSA) is 41.0 Å². The van der Waals surface area contributed by atoms with Gasteiger partial charge in [0.25, 0.3) is 0 Å². The van der Waals surface area contributed by atoms with Crippen molar-refractivity contribution in [2.45, 2.75) is 0 Å². The molecule has 0 radical (unpaired) electrons. The Bertz CT molecular complexity index is 769. The van der Waals surface area contributed by atoms with Crippen molar-refractivity contribution < 1.29 is 0 Å². The van der Waals surface area contributed by atoms with Gasteiger partial charge in [-0.05, 0) is 52.3 Å². The van der Waals surface area contributed by atoms with Gasteiger partial charge in [-0.2, -0.15) is 0 Å². The average molecular weight is 343 g/mol. The van der Waals surface area contributed by atoms with Gasteiger partial charge >= 0.3 is 0 Å². The molecule has 2 aromatic heterocycles. The zero-order valence-electron chi connectivity index (χ0n) is 11.8. The van der Waals surface area contributed by atoms with Crippen molar-refractivity contribution in [1.29, 1.82) is 0 Å². The molecule has 0 amide bonds. The van der Waals surface area contributed by atoms with Gasteiger partial charge in [0.1, 0.15) is 5.52 Å². The van der Waals surface area contributed by atoms with Gasteiger partial charge in [-0.25, -0.2) is 0 Å². The highest BCUT2D eigenvalue weighted by molar-refractivity contribution is 9.10. The molecule has 0 spiro atoms. The molecule has 2 heterocycles. The van der Waals surface area contributed by atoms with Crippen LogP contribution in [0.4, 0.5) is 17.1 Å². The quantitative estimate of drug-likeness (QED) is 0.774. The van der Waals surface area contributed by atoms with E-state index in [-0.39, 0.29) is 0 Å². The van der Waals surface area contributed by atoms with Gasteiger partial charge in [-0.3, -0.25) is 9.97 Å². The van der Waals surface area contributed by atoms with E-state index in [0.29, 0.717) is 0 Å². The molecule has 1 N–H and O–H groups in total. The third-order valence-electron chi connectivity index (χ3n) is 3.21. The fourth-order valence-electron chi connectivity index (χ4n) is 2.10. The van der Waals surface area contributed by atoms with E-state index in [4.69, 9.17) is 0 Å². The van der Waals surface area contributed by atoms with Crippen molar-refractivity contribution in [3.8, 4) is 0 Å². The number of fused-ring (bicyclic) bond motifs is 1. The second kappa shape index (κ2) is 5.69. The summed E-state index contributed by atoms with van der Waals surface area (Å²) in [6, 6.07) is 12.2. The lowest BCUT2D eigenvalue weighted by Gasteiger charge is -2.14. The maximum Gasteiger partial charge on any atom is 0.112 e. The van der Waals surface area contributed by atoms with E-state index in [2.05, 4.69) is 60.4 Å². The Kier molecular flexibility index (Phi) is 3.75. The first-order chi connectivity index (χ1) is 10.1. The second-order valence-corrected chi connectivity index (χ2v) is 5.86. The van der Waals surface area contributed by atoms with Crippen molar-refractivity contribution in [1.82, 2.24) is 9.97 Å². The number of aromatic nitrogens is 2. The Hall–Kier alpha value is -2.14. The van der Waals surface area contributed by atoms with Gasteiger partial charge in [0.05, 0.1) is 11.2 Å². The van der Waals surface area contributed by atoms with Crippen LogP contribution in [-0.2, 0) is 0 Å². The van der Waals surface area contributed by atoms with Crippen LogP contribution in [-0.4, -0.2) is 24.1 Å². The van der Waals surface area contributed by atoms with Crippen LogP contribution in [0.1, 0.15) is 0 Å². The van der Waals surface area contributed by atoms with Gasteiger partial charge in [0.2, 0.25) is 0 Å². The standard InChI is InChI=1S/C16H15BrN4/c1-21(2)13-5-3-12(4-6-13)20-14-7-8-18-15-9-11(17)10-19-16(14)15/h3-10H,1-2H3,(H,18,20). The number of rotatable bonds is 3. The van der Waals surface area contributed by atoms with Crippen LogP contribution in [0.5, 0.6) is 0 Å². The molecular formula is C16H15BrN4. The third-order valence-corrected chi connectivity index (χ3v) is 3.64. The fraction of sp³-hybridized carbons (Fsp3) is 0.125. The lowest BCUT2D eigenvalue weighted by Crippen LogP contribution is -2.08. The van der Waals surface area contributed by atoms with Crippen LogP contribution in [0.2, 0.25) is 0 Å². The summed E-state index contributed by atoms with van der Waals surface area (Å²) in [6.07, 6.45) is 3.57. The predicted molar refractivity (Wildman–Crippen MR) is 91.3 cm³/mol. The van der Waals surface area contributed by atoms with E-state index >= 15 is 0 Å². The Morgan fingerprint density at radius 3 is 2.52 bits per heavy atom. The normalized spacial score (nSPS) is 10.6. The van der Waals surface area contributed by atoms with Gasteiger partial charge in [0, 0.05) is 42.3 Å². The first-order valence-corrected chi connectivity index (χ1v) is 7.37. The maximum absolute atomic E-state index is 4.44. The molecule has 3 aromatic rings. The number of anilines is 3. The molecule has 1 aromatic carbocycles. The molecule has 0 aliphatic rings. The van der Waals surface area contributed by atoms with Crippen LogP contribution >= 0.6 is 15.9 Å². The van der Waals surface area contributed by atoms with E-state index in [9.17, 15) is 0 Å². The van der Waals surface area contributed by atoms with Crippen molar-refractivity contribution in [2.75, 3.05) is 24.3 Å². The minimum absolute atomic E-state index is 0.859. The number of hydrogen-bond donors (Lipinski definition) is 1. The molecule has 4 nitrogen and oxygen atoms in total. The molecule has 0 saturated carbocycles. The summed E-state index contributed by atoms with van der Waals surface area (Å²) < 4.78 is 0.926. The molecule has 21 heavy (non-hydrogen) atoms. The smallest absolute Gasteiger partial charge is 0.112 e. The minimum Gasteiger partial charge on any atom is -0.378 e. The molecule has 0 fully saturated rings. The van der Waals surface area contributed by atoms with E-state index < -0.39 is 0 Å². The number of pyridine rings is 2. The molecular weight excluding hydrogens is 328 g/mol. The Balaban J connectivity index is 1.94. The number of hydrogen-bond acceptors (Lipinski definition) is 4. The van der Waals surface area contributed by atoms with Crippen LogP contribution in [0.3, 0.4) is 0 Å². The lowest BCUT2D eigenvalue weighted by molar-refractivity contribution is 1.13. The molecule has 0 saturated heterocycles. The van der Waals surface area contributed by atoms with Gasteiger partial charge < -0.3 is 10.2 Å².